The van der Waals surface area contributed by atoms with Crippen LogP contribution in [0.3, 0.4) is 0 Å². The maximum Gasteiger partial charge on any atom is 0.283 e. The number of nitrogens with zero attached hydrogens (tertiary/aromatic N) is 4. The number of hydrogen-bond acceptors (Lipinski definition) is 5. The number of halogens is 2. The maximum atomic E-state index is 13.4. The first-order chi connectivity index (χ1) is 9.99. The molecule has 0 radical (unpaired) electrons. The van der Waals surface area contributed by atoms with Crippen LogP contribution in [0.25, 0.3) is 11.4 Å². The molecule has 0 amide bonds. The zero-order valence-corrected chi connectivity index (χ0v) is 11.4. The fourth-order valence-corrected chi connectivity index (χ4v) is 1.96. The molecule has 1 heterocycles. The van der Waals surface area contributed by atoms with E-state index in [0.717, 1.165) is 6.07 Å². The van der Waals surface area contributed by atoms with E-state index < -0.39 is 22.2 Å². The van der Waals surface area contributed by atoms with E-state index in [9.17, 15) is 18.9 Å². The van der Waals surface area contributed by atoms with Gasteiger partial charge >= 0.3 is 0 Å². The number of nitro benzene ring substituents is 1. The van der Waals surface area contributed by atoms with Crippen LogP contribution < -0.4 is 5.32 Å². The van der Waals surface area contributed by atoms with Crippen LogP contribution in [0, 0.1) is 21.7 Å². The minimum atomic E-state index is -1.28. The summed E-state index contributed by atoms with van der Waals surface area (Å²) in [4.78, 5) is 10.3. The minimum Gasteiger partial charge on any atom is -0.355 e. The van der Waals surface area contributed by atoms with E-state index >= 15 is 0 Å². The van der Waals surface area contributed by atoms with Crippen molar-refractivity contribution in [1.29, 1.82) is 0 Å². The standard InChI is InChI=1S/C12H13F2N5O2/c1-3-15-12-17-16-11(18(12)4-2)7-5-8(13)9(14)6-10(7)19(20)21/h5-6H,3-4H2,1-2H3,(H,15,17). The molecule has 7 nitrogen and oxygen atoms in total. The van der Waals surface area contributed by atoms with E-state index in [1.54, 1.807) is 11.5 Å². The van der Waals surface area contributed by atoms with Crippen molar-refractivity contribution in [3.8, 4) is 11.4 Å². The largest absolute Gasteiger partial charge is 0.355 e. The molecule has 112 valence electrons. The van der Waals surface area contributed by atoms with Crippen molar-refractivity contribution in [3.05, 3.63) is 33.9 Å². The third-order valence-corrected chi connectivity index (χ3v) is 2.88. The molecule has 0 fully saturated rings. The molecule has 0 bridgehead atoms. The van der Waals surface area contributed by atoms with E-state index in [0.29, 0.717) is 25.1 Å². The van der Waals surface area contributed by atoms with Gasteiger partial charge < -0.3 is 5.32 Å². The predicted molar refractivity (Wildman–Crippen MR) is 71.9 cm³/mol. The summed E-state index contributed by atoms with van der Waals surface area (Å²) in [6.45, 7) is 4.65. The van der Waals surface area contributed by atoms with Crippen LogP contribution in [0.15, 0.2) is 12.1 Å². The highest BCUT2D eigenvalue weighted by atomic mass is 19.2. The number of aromatic nitrogens is 3. The van der Waals surface area contributed by atoms with Gasteiger partial charge in [-0.2, -0.15) is 0 Å². The second kappa shape index (κ2) is 5.81. The van der Waals surface area contributed by atoms with Gasteiger partial charge in [-0.3, -0.25) is 14.7 Å². The molecule has 0 unspecified atom stereocenters. The summed E-state index contributed by atoms with van der Waals surface area (Å²) in [5.74, 6) is -1.93. The Kier molecular flexibility index (Phi) is 4.10. The molecule has 21 heavy (non-hydrogen) atoms. The quantitative estimate of drug-likeness (QED) is 0.677. The van der Waals surface area contributed by atoms with Crippen molar-refractivity contribution in [3.63, 3.8) is 0 Å². The smallest absolute Gasteiger partial charge is 0.283 e. The molecule has 2 aromatic rings. The molecule has 0 aliphatic rings. The van der Waals surface area contributed by atoms with Gasteiger partial charge in [-0.05, 0) is 19.9 Å². The Morgan fingerprint density at radius 2 is 1.95 bits per heavy atom. The number of nitrogens with one attached hydrogen (secondary N) is 1. The number of nitro groups is 1. The highest BCUT2D eigenvalue weighted by Crippen LogP contribution is 2.31. The van der Waals surface area contributed by atoms with Crippen LogP contribution in [0.2, 0.25) is 0 Å². The van der Waals surface area contributed by atoms with Crippen molar-refractivity contribution < 1.29 is 13.7 Å². The highest BCUT2D eigenvalue weighted by molar-refractivity contribution is 5.69. The Morgan fingerprint density at radius 3 is 2.52 bits per heavy atom. The van der Waals surface area contributed by atoms with Crippen LogP contribution in [0.5, 0.6) is 0 Å². The van der Waals surface area contributed by atoms with Gasteiger partial charge in [-0.1, -0.05) is 0 Å². The fourth-order valence-electron chi connectivity index (χ4n) is 1.96. The summed E-state index contributed by atoms with van der Waals surface area (Å²) in [5.41, 5.74) is -0.670. The van der Waals surface area contributed by atoms with Crippen LogP contribution >= 0.6 is 0 Å². The molecule has 1 N–H and O–H groups in total. The van der Waals surface area contributed by atoms with Crippen LogP contribution in [0.4, 0.5) is 20.4 Å². The summed E-state index contributed by atoms with van der Waals surface area (Å²) in [6, 6.07) is 1.31. The lowest BCUT2D eigenvalue weighted by Gasteiger charge is -2.08. The van der Waals surface area contributed by atoms with Crippen molar-refractivity contribution in [2.45, 2.75) is 20.4 Å². The molecule has 9 heteroatoms. The second-order valence-corrected chi connectivity index (χ2v) is 4.16. The number of rotatable bonds is 5. The molecule has 0 saturated carbocycles. The Hall–Kier alpha value is -2.58. The lowest BCUT2D eigenvalue weighted by Crippen LogP contribution is -2.07. The summed E-state index contributed by atoms with van der Waals surface area (Å²) < 4.78 is 28.2. The fraction of sp³-hybridized carbons (Fsp3) is 0.333. The summed E-state index contributed by atoms with van der Waals surface area (Å²) >= 11 is 0. The normalized spacial score (nSPS) is 10.7. The van der Waals surface area contributed by atoms with Crippen molar-refractivity contribution >= 4 is 11.6 Å². The van der Waals surface area contributed by atoms with Crippen molar-refractivity contribution in [2.75, 3.05) is 11.9 Å². The van der Waals surface area contributed by atoms with Gasteiger partial charge in [0.2, 0.25) is 5.95 Å². The Balaban J connectivity index is 2.66. The molecule has 0 aliphatic carbocycles. The third kappa shape index (κ3) is 2.67. The minimum absolute atomic E-state index is 0.110. The zero-order valence-electron chi connectivity index (χ0n) is 11.4. The molecule has 0 atom stereocenters. The van der Waals surface area contributed by atoms with Gasteiger partial charge in [0.05, 0.1) is 11.0 Å². The van der Waals surface area contributed by atoms with Gasteiger partial charge in [-0.25, -0.2) is 8.78 Å². The molecule has 2 rings (SSSR count). The van der Waals surface area contributed by atoms with E-state index in [-0.39, 0.29) is 11.4 Å². The molecule has 1 aromatic carbocycles. The Morgan fingerprint density at radius 1 is 1.29 bits per heavy atom. The van der Waals surface area contributed by atoms with Crippen LogP contribution in [-0.4, -0.2) is 26.2 Å². The number of anilines is 1. The van der Waals surface area contributed by atoms with E-state index in [1.807, 2.05) is 6.92 Å². The average Bonchev–Trinajstić information content (AvgIpc) is 2.84. The first kappa shape index (κ1) is 14.8. The van der Waals surface area contributed by atoms with Crippen molar-refractivity contribution in [1.82, 2.24) is 14.8 Å². The Labute approximate surface area is 118 Å². The molecular formula is C12H13F2N5O2. The molecule has 0 saturated heterocycles. The number of hydrogen-bond donors (Lipinski definition) is 1. The van der Waals surface area contributed by atoms with Gasteiger partial charge in [0.25, 0.3) is 5.69 Å². The average molecular weight is 297 g/mol. The van der Waals surface area contributed by atoms with Gasteiger partial charge in [0.15, 0.2) is 17.5 Å². The summed E-state index contributed by atoms with van der Waals surface area (Å²) in [7, 11) is 0. The third-order valence-electron chi connectivity index (χ3n) is 2.88. The first-order valence-corrected chi connectivity index (χ1v) is 6.30. The zero-order chi connectivity index (χ0) is 15.6. The lowest BCUT2D eigenvalue weighted by molar-refractivity contribution is -0.384. The first-order valence-electron chi connectivity index (χ1n) is 6.30. The predicted octanol–water partition coefficient (Wildman–Crippen LogP) is 2.58. The lowest BCUT2D eigenvalue weighted by atomic mass is 10.1. The second-order valence-electron chi connectivity index (χ2n) is 4.16. The van der Waals surface area contributed by atoms with Gasteiger partial charge in [0.1, 0.15) is 5.56 Å². The summed E-state index contributed by atoms with van der Waals surface area (Å²) in [5, 5.41) is 21.7. The monoisotopic (exact) mass is 297 g/mol. The Bertz CT molecular complexity index is 687. The van der Waals surface area contributed by atoms with E-state index in [1.165, 1.54) is 0 Å². The van der Waals surface area contributed by atoms with E-state index in [4.69, 9.17) is 0 Å². The summed E-state index contributed by atoms with van der Waals surface area (Å²) in [6.07, 6.45) is 0. The molecule has 0 spiro atoms. The van der Waals surface area contributed by atoms with Crippen LogP contribution in [0.1, 0.15) is 13.8 Å². The SMILES string of the molecule is CCNc1nnc(-c2cc(F)c(F)cc2[N+](=O)[O-])n1CC. The van der Waals surface area contributed by atoms with Gasteiger partial charge in [-0.15, -0.1) is 10.2 Å². The van der Waals surface area contributed by atoms with Gasteiger partial charge in [0, 0.05) is 13.1 Å². The van der Waals surface area contributed by atoms with Crippen LogP contribution in [-0.2, 0) is 6.54 Å². The van der Waals surface area contributed by atoms with Crippen molar-refractivity contribution in [2.24, 2.45) is 0 Å². The molecule has 1 aromatic heterocycles. The number of benzene rings is 1. The molecular weight excluding hydrogens is 284 g/mol. The topological polar surface area (TPSA) is 85.9 Å². The molecule has 0 aliphatic heterocycles. The van der Waals surface area contributed by atoms with E-state index in [2.05, 4.69) is 15.5 Å². The highest BCUT2D eigenvalue weighted by Gasteiger charge is 2.24. The maximum absolute atomic E-state index is 13.4.